The third kappa shape index (κ3) is 2.62. The van der Waals surface area contributed by atoms with Gasteiger partial charge in [0, 0.05) is 0 Å². The molecule has 0 heterocycles. The van der Waals surface area contributed by atoms with Crippen LogP contribution in [0, 0.1) is 0 Å². The first-order valence-electron chi connectivity index (χ1n) is 6.47. The van der Waals surface area contributed by atoms with E-state index in [0.717, 1.165) is 5.56 Å². The molecule has 0 aliphatic carbocycles. The Morgan fingerprint density at radius 3 is 2.00 bits per heavy atom. The first-order valence-corrected chi connectivity index (χ1v) is 6.47. The van der Waals surface area contributed by atoms with Gasteiger partial charge in [-0.15, -0.1) is 0 Å². The van der Waals surface area contributed by atoms with Crippen LogP contribution in [0.15, 0.2) is 48.5 Å². The Labute approximate surface area is 109 Å². The second-order valence-corrected chi connectivity index (χ2v) is 5.04. The molecule has 1 heteroatoms. The van der Waals surface area contributed by atoms with Crippen LogP contribution < -0.4 is 0 Å². The lowest BCUT2D eigenvalue weighted by molar-refractivity contribution is 0.199. The van der Waals surface area contributed by atoms with Crippen molar-refractivity contribution in [2.24, 2.45) is 0 Å². The average molecular weight is 240 g/mol. The van der Waals surface area contributed by atoms with Gasteiger partial charge in [-0.2, -0.15) is 0 Å². The van der Waals surface area contributed by atoms with Gasteiger partial charge in [0.1, 0.15) is 0 Å². The molecule has 1 nitrogen and oxygen atoms in total. The Morgan fingerprint density at radius 2 is 1.44 bits per heavy atom. The van der Waals surface area contributed by atoms with Gasteiger partial charge in [0.15, 0.2) is 0 Å². The minimum Gasteiger partial charge on any atom is -0.389 e. The van der Waals surface area contributed by atoms with E-state index < -0.39 is 6.10 Å². The zero-order chi connectivity index (χ0) is 13.1. The van der Waals surface area contributed by atoms with Gasteiger partial charge < -0.3 is 5.11 Å². The van der Waals surface area contributed by atoms with Crippen LogP contribution in [0.25, 0.3) is 11.1 Å². The molecule has 18 heavy (non-hydrogen) atoms. The van der Waals surface area contributed by atoms with Crippen molar-refractivity contribution in [1.82, 2.24) is 0 Å². The lowest BCUT2D eigenvalue weighted by atomic mass is 9.92. The number of hydrogen-bond donors (Lipinski definition) is 1. The summed E-state index contributed by atoms with van der Waals surface area (Å²) in [6.45, 7) is 6.21. The van der Waals surface area contributed by atoms with E-state index in [4.69, 9.17) is 0 Å². The highest BCUT2D eigenvalue weighted by Crippen LogP contribution is 2.29. The van der Waals surface area contributed by atoms with Gasteiger partial charge >= 0.3 is 0 Å². The quantitative estimate of drug-likeness (QED) is 0.835. The Balaban J connectivity index is 2.43. The fourth-order valence-electron chi connectivity index (χ4n) is 2.20. The van der Waals surface area contributed by atoms with E-state index in [0.29, 0.717) is 5.92 Å². The van der Waals surface area contributed by atoms with Gasteiger partial charge in [-0.05, 0) is 35.1 Å². The first-order chi connectivity index (χ1) is 8.59. The maximum Gasteiger partial charge on any atom is 0.0761 e. The van der Waals surface area contributed by atoms with Crippen molar-refractivity contribution < 1.29 is 5.11 Å². The molecule has 0 saturated heterocycles. The highest BCUT2D eigenvalue weighted by atomic mass is 16.3. The number of rotatable bonds is 3. The van der Waals surface area contributed by atoms with Crippen molar-refractivity contribution in [3.05, 3.63) is 59.7 Å². The molecule has 0 spiro atoms. The van der Waals surface area contributed by atoms with Gasteiger partial charge in [-0.3, -0.25) is 0 Å². The second kappa shape index (κ2) is 5.36. The molecular weight excluding hydrogens is 220 g/mol. The molecule has 94 valence electrons. The number of aliphatic hydroxyl groups excluding tert-OH is 1. The number of aliphatic hydroxyl groups is 1. The van der Waals surface area contributed by atoms with Crippen LogP contribution in [0.3, 0.4) is 0 Å². The highest BCUT2D eigenvalue weighted by Gasteiger charge is 2.08. The summed E-state index contributed by atoms with van der Waals surface area (Å²) >= 11 is 0. The molecule has 0 aliphatic heterocycles. The van der Waals surface area contributed by atoms with E-state index in [2.05, 4.69) is 50.2 Å². The summed E-state index contributed by atoms with van der Waals surface area (Å²) in [4.78, 5) is 0. The first kappa shape index (κ1) is 12.8. The van der Waals surface area contributed by atoms with Crippen molar-refractivity contribution in [3.8, 4) is 11.1 Å². The molecule has 0 saturated carbocycles. The smallest absolute Gasteiger partial charge is 0.0761 e. The summed E-state index contributed by atoms with van der Waals surface area (Å²) in [5.74, 6) is 0.512. The van der Waals surface area contributed by atoms with Crippen molar-refractivity contribution in [2.45, 2.75) is 32.8 Å². The minimum absolute atomic E-state index is 0.403. The van der Waals surface area contributed by atoms with Gasteiger partial charge in [0.05, 0.1) is 6.10 Å². The molecule has 2 aromatic rings. The van der Waals surface area contributed by atoms with Gasteiger partial charge in [-0.25, -0.2) is 0 Å². The Morgan fingerprint density at radius 1 is 0.833 bits per heavy atom. The predicted molar refractivity (Wildman–Crippen MR) is 76.6 cm³/mol. The van der Waals surface area contributed by atoms with Crippen molar-refractivity contribution in [3.63, 3.8) is 0 Å². The standard InChI is InChI=1S/C17H20O/c1-12(2)16-6-4-5-7-17(16)15-10-8-14(9-11-15)13(3)18/h4-13,18H,1-3H3. The van der Waals surface area contributed by atoms with Crippen LogP contribution in [-0.4, -0.2) is 5.11 Å². The van der Waals surface area contributed by atoms with Crippen LogP contribution in [0.4, 0.5) is 0 Å². The summed E-state index contributed by atoms with van der Waals surface area (Å²) < 4.78 is 0. The van der Waals surface area contributed by atoms with Gasteiger partial charge in [0.25, 0.3) is 0 Å². The summed E-state index contributed by atoms with van der Waals surface area (Å²) in [5.41, 5.74) is 4.82. The minimum atomic E-state index is -0.403. The van der Waals surface area contributed by atoms with E-state index in [-0.39, 0.29) is 0 Å². The summed E-state index contributed by atoms with van der Waals surface area (Å²) in [7, 11) is 0. The largest absolute Gasteiger partial charge is 0.389 e. The molecule has 0 bridgehead atoms. The van der Waals surface area contributed by atoms with E-state index in [1.807, 2.05) is 12.1 Å². The average Bonchev–Trinajstić information content (AvgIpc) is 2.39. The second-order valence-electron chi connectivity index (χ2n) is 5.04. The molecular formula is C17H20O. The van der Waals surface area contributed by atoms with Crippen LogP contribution in [0.5, 0.6) is 0 Å². The summed E-state index contributed by atoms with van der Waals surface area (Å²) in [5, 5.41) is 9.53. The zero-order valence-corrected chi connectivity index (χ0v) is 11.2. The van der Waals surface area contributed by atoms with Crippen LogP contribution in [0.1, 0.15) is 43.9 Å². The van der Waals surface area contributed by atoms with E-state index >= 15 is 0 Å². The third-order valence-electron chi connectivity index (χ3n) is 3.29. The topological polar surface area (TPSA) is 20.2 Å². The summed E-state index contributed by atoms with van der Waals surface area (Å²) in [6, 6.07) is 16.7. The van der Waals surface area contributed by atoms with Crippen LogP contribution in [0.2, 0.25) is 0 Å². The van der Waals surface area contributed by atoms with E-state index in [1.165, 1.54) is 16.7 Å². The fraction of sp³-hybridized carbons (Fsp3) is 0.294. The molecule has 0 aromatic heterocycles. The molecule has 1 N–H and O–H groups in total. The predicted octanol–water partition coefficient (Wildman–Crippen LogP) is 4.53. The van der Waals surface area contributed by atoms with Crippen molar-refractivity contribution in [1.29, 1.82) is 0 Å². The third-order valence-corrected chi connectivity index (χ3v) is 3.29. The molecule has 2 aromatic carbocycles. The number of benzene rings is 2. The number of hydrogen-bond acceptors (Lipinski definition) is 1. The molecule has 0 radical (unpaired) electrons. The van der Waals surface area contributed by atoms with Crippen molar-refractivity contribution >= 4 is 0 Å². The van der Waals surface area contributed by atoms with Crippen LogP contribution >= 0.6 is 0 Å². The Kier molecular flexibility index (Phi) is 3.83. The molecule has 0 fully saturated rings. The molecule has 2 rings (SSSR count). The molecule has 1 atom stereocenters. The maximum atomic E-state index is 9.53. The maximum absolute atomic E-state index is 9.53. The van der Waals surface area contributed by atoms with Gasteiger partial charge in [-0.1, -0.05) is 62.4 Å². The molecule has 0 aliphatic rings. The lowest BCUT2D eigenvalue weighted by Gasteiger charge is -2.13. The van der Waals surface area contributed by atoms with E-state index in [9.17, 15) is 5.11 Å². The Hall–Kier alpha value is -1.60. The summed E-state index contributed by atoms with van der Waals surface area (Å²) in [6.07, 6.45) is -0.403. The molecule has 1 unspecified atom stereocenters. The van der Waals surface area contributed by atoms with Crippen molar-refractivity contribution in [2.75, 3.05) is 0 Å². The highest BCUT2D eigenvalue weighted by molar-refractivity contribution is 5.68. The SMILES string of the molecule is CC(C)c1ccccc1-c1ccc(C(C)O)cc1. The monoisotopic (exact) mass is 240 g/mol. The normalized spacial score (nSPS) is 12.7. The van der Waals surface area contributed by atoms with E-state index in [1.54, 1.807) is 6.92 Å². The Bertz CT molecular complexity index is 509. The van der Waals surface area contributed by atoms with Gasteiger partial charge in [0.2, 0.25) is 0 Å². The zero-order valence-electron chi connectivity index (χ0n) is 11.2. The fourth-order valence-corrected chi connectivity index (χ4v) is 2.20. The molecule has 0 amide bonds. The van der Waals surface area contributed by atoms with Crippen LogP contribution in [-0.2, 0) is 0 Å². The lowest BCUT2D eigenvalue weighted by Crippen LogP contribution is -1.93.